The van der Waals surface area contributed by atoms with Crippen molar-refractivity contribution in [3.63, 3.8) is 0 Å². The molecule has 2 aromatic rings. The molecule has 0 spiro atoms. The smallest absolute Gasteiger partial charge is 0.228 e. The lowest BCUT2D eigenvalue weighted by atomic mass is 10.1. The van der Waals surface area contributed by atoms with E-state index in [-0.39, 0.29) is 24.2 Å². The van der Waals surface area contributed by atoms with Crippen molar-refractivity contribution in [2.24, 2.45) is 11.7 Å². The van der Waals surface area contributed by atoms with Crippen LogP contribution in [0.15, 0.2) is 28.7 Å². The highest BCUT2D eigenvalue weighted by molar-refractivity contribution is 5.93. The summed E-state index contributed by atoms with van der Waals surface area (Å²) in [5.41, 5.74) is 7.89. The predicted octanol–water partition coefficient (Wildman–Crippen LogP) is 2.91. The first-order chi connectivity index (χ1) is 9.51. The standard InChI is InChI=1S/C15H19N3O2.ClH/c1-9(8-16)14(19)18-13-6-4-5-12(7-13)15-17-10(2)11(3)20-15;/h4-7,9H,8,16H2,1-3H3,(H,18,19);1H. The monoisotopic (exact) mass is 309 g/mol. The summed E-state index contributed by atoms with van der Waals surface area (Å²) in [6.45, 7) is 5.89. The summed E-state index contributed by atoms with van der Waals surface area (Å²) < 4.78 is 5.59. The maximum atomic E-state index is 11.8. The van der Waals surface area contributed by atoms with Crippen molar-refractivity contribution in [1.29, 1.82) is 0 Å². The third-order valence-corrected chi connectivity index (χ3v) is 3.21. The summed E-state index contributed by atoms with van der Waals surface area (Å²) >= 11 is 0. The number of rotatable bonds is 4. The molecule has 0 saturated carbocycles. The van der Waals surface area contributed by atoms with Crippen molar-refractivity contribution < 1.29 is 9.21 Å². The molecular weight excluding hydrogens is 290 g/mol. The molecule has 1 unspecified atom stereocenters. The van der Waals surface area contributed by atoms with Crippen LogP contribution in [0.3, 0.4) is 0 Å². The Balaban J connectivity index is 0.00000220. The molecule has 1 heterocycles. The number of carbonyl (C=O) groups excluding carboxylic acids is 1. The number of hydrogen-bond donors (Lipinski definition) is 2. The van der Waals surface area contributed by atoms with Crippen LogP contribution < -0.4 is 11.1 Å². The third kappa shape index (κ3) is 4.06. The first-order valence-electron chi connectivity index (χ1n) is 6.56. The second-order valence-corrected chi connectivity index (χ2v) is 4.87. The molecule has 1 atom stereocenters. The molecule has 3 N–H and O–H groups in total. The maximum absolute atomic E-state index is 11.8. The zero-order valence-electron chi connectivity index (χ0n) is 12.3. The van der Waals surface area contributed by atoms with E-state index in [9.17, 15) is 4.79 Å². The van der Waals surface area contributed by atoms with E-state index in [4.69, 9.17) is 10.2 Å². The summed E-state index contributed by atoms with van der Waals surface area (Å²) in [7, 11) is 0. The lowest BCUT2D eigenvalue weighted by Crippen LogP contribution is -2.26. The fraction of sp³-hybridized carbons (Fsp3) is 0.333. The Morgan fingerprint density at radius 2 is 2.14 bits per heavy atom. The van der Waals surface area contributed by atoms with Crippen LogP contribution >= 0.6 is 12.4 Å². The first-order valence-corrected chi connectivity index (χ1v) is 6.56. The summed E-state index contributed by atoms with van der Waals surface area (Å²) in [6.07, 6.45) is 0. The molecule has 21 heavy (non-hydrogen) atoms. The maximum Gasteiger partial charge on any atom is 0.228 e. The number of nitrogens with two attached hydrogens (primary N) is 1. The lowest BCUT2D eigenvalue weighted by Gasteiger charge is -2.10. The zero-order valence-corrected chi connectivity index (χ0v) is 13.2. The molecule has 0 bridgehead atoms. The van der Waals surface area contributed by atoms with Gasteiger partial charge in [-0.1, -0.05) is 13.0 Å². The fourth-order valence-corrected chi connectivity index (χ4v) is 1.70. The van der Waals surface area contributed by atoms with Crippen molar-refractivity contribution in [2.45, 2.75) is 20.8 Å². The highest BCUT2D eigenvalue weighted by Gasteiger charge is 2.12. The minimum Gasteiger partial charge on any atom is -0.441 e. The third-order valence-electron chi connectivity index (χ3n) is 3.21. The van der Waals surface area contributed by atoms with Crippen molar-refractivity contribution in [2.75, 3.05) is 11.9 Å². The van der Waals surface area contributed by atoms with Gasteiger partial charge in [-0.05, 0) is 32.0 Å². The lowest BCUT2D eigenvalue weighted by molar-refractivity contribution is -0.119. The molecule has 1 amide bonds. The number of oxazole rings is 1. The van der Waals surface area contributed by atoms with Crippen LogP contribution in [-0.2, 0) is 4.79 Å². The molecule has 0 aliphatic carbocycles. The van der Waals surface area contributed by atoms with Gasteiger partial charge >= 0.3 is 0 Å². The van der Waals surface area contributed by atoms with E-state index in [1.165, 1.54) is 0 Å². The highest BCUT2D eigenvalue weighted by Crippen LogP contribution is 2.24. The van der Waals surface area contributed by atoms with Crippen LogP contribution in [0.2, 0.25) is 0 Å². The number of aromatic nitrogens is 1. The summed E-state index contributed by atoms with van der Waals surface area (Å²) in [4.78, 5) is 16.2. The van der Waals surface area contributed by atoms with E-state index >= 15 is 0 Å². The summed E-state index contributed by atoms with van der Waals surface area (Å²) in [6, 6.07) is 7.42. The largest absolute Gasteiger partial charge is 0.441 e. The molecule has 1 aromatic heterocycles. The normalized spacial score (nSPS) is 11.6. The molecule has 5 nitrogen and oxygen atoms in total. The fourth-order valence-electron chi connectivity index (χ4n) is 1.70. The molecule has 2 rings (SSSR count). The van der Waals surface area contributed by atoms with E-state index in [1.54, 1.807) is 6.92 Å². The quantitative estimate of drug-likeness (QED) is 0.910. The number of halogens is 1. The summed E-state index contributed by atoms with van der Waals surface area (Å²) in [5.74, 6) is 1.04. The second-order valence-electron chi connectivity index (χ2n) is 4.87. The number of hydrogen-bond acceptors (Lipinski definition) is 4. The molecule has 6 heteroatoms. The van der Waals surface area contributed by atoms with Gasteiger partial charge in [0.15, 0.2) is 0 Å². The van der Waals surface area contributed by atoms with Crippen molar-refractivity contribution in [1.82, 2.24) is 4.98 Å². The molecule has 0 fully saturated rings. The van der Waals surface area contributed by atoms with E-state index < -0.39 is 0 Å². The van der Waals surface area contributed by atoms with Crippen LogP contribution in [0.5, 0.6) is 0 Å². The zero-order chi connectivity index (χ0) is 14.7. The Morgan fingerprint density at radius 3 is 2.71 bits per heavy atom. The van der Waals surface area contributed by atoms with Crippen LogP contribution in [-0.4, -0.2) is 17.4 Å². The van der Waals surface area contributed by atoms with Gasteiger partial charge in [-0.25, -0.2) is 4.98 Å². The van der Waals surface area contributed by atoms with Gasteiger partial charge in [0, 0.05) is 23.7 Å². The Labute approximate surface area is 130 Å². The molecule has 0 radical (unpaired) electrons. The number of anilines is 1. The van der Waals surface area contributed by atoms with E-state index in [0.717, 1.165) is 17.0 Å². The van der Waals surface area contributed by atoms with Gasteiger partial charge in [-0.3, -0.25) is 4.79 Å². The topological polar surface area (TPSA) is 81.2 Å². The Bertz CT molecular complexity index is 606. The van der Waals surface area contributed by atoms with Gasteiger partial charge < -0.3 is 15.5 Å². The van der Waals surface area contributed by atoms with Gasteiger partial charge in [-0.15, -0.1) is 12.4 Å². The van der Waals surface area contributed by atoms with Gasteiger partial charge in [0.1, 0.15) is 5.76 Å². The van der Waals surface area contributed by atoms with Crippen molar-refractivity contribution >= 4 is 24.0 Å². The number of nitrogens with one attached hydrogen (secondary N) is 1. The minimum absolute atomic E-state index is 0. The highest BCUT2D eigenvalue weighted by atomic mass is 35.5. The first kappa shape index (κ1) is 17.2. The molecule has 0 aliphatic rings. The molecule has 0 saturated heterocycles. The average Bonchev–Trinajstić information content (AvgIpc) is 2.78. The molecule has 1 aromatic carbocycles. The minimum atomic E-state index is -0.218. The predicted molar refractivity (Wildman–Crippen MR) is 85.5 cm³/mol. The van der Waals surface area contributed by atoms with E-state index in [2.05, 4.69) is 10.3 Å². The molecule has 114 valence electrons. The van der Waals surface area contributed by atoms with Crippen molar-refractivity contribution in [3.05, 3.63) is 35.7 Å². The van der Waals surface area contributed by atoms with Crippen LogP contribution in [0.25, 0.3) is 11.5 Å². The van der Waals surface area contributed by atoms with Gasteiger partial charge in [0.25, 0.3) is 0 Å². The van der Waals surface area contributed by atoms with Gasteiger partial charge in [-0.2, -0.15) is 0 Å². The van der Waals surface area contributed by atoms with E-state index in [1.807, 2.05) is 38.1 Å². The number of carbonyl (C=O) groups is 1. The van der Waals surface area contributed by atoms with E-state index in [0.29, 0.717) is 18.1 Å². The Morgan fingerprint density at radius 1 is 1.43 bits per heavy atom. The SMILES string of the molecule is Cc1nc(-c2cccc(NC(=O)C(C)CN)c2)oc1C.Cl. The Hall–Kier alpha value is -1.85. The second kappa shape index (κ2) is 7.24. The van der Waals surface area contributed by atoms with Crippen molar-refractivity contribution in [3.8, 4) is 11.5 Å². The summed E-state index contributed by atoms with van der Waals surface area (Å²) in [5, 5.41) is 2.84. The van der Waals surface area contributed by atoms with Crippen LogP contribution in [0, 0.1) is 19.8 Å². The number of nitrogens with zero attached hydrogens (tertiary/aromatic N) is 1. The average molecular weight is 310 g/mol. The van der Waals surface area contributed by atoms with Crippen LogP contribution in [0.1, 0.15) is 18.4 Å². The molecular formula is C15H20ClN3O2. The number of amides is 1. The van der Waals surface area contributed by atoms with Crippen LogP contribution in [0.4, 0.5) is 5.69 Å². The molecule has 0 aliphatic heterocycles. The number of aryl methyl sites for hydroxylation is 2. The number of benzene rings is 1. The van der Waals surface area contributed by atoms with Gasteiger partial charge in [0.05, 0.1) is 5.69 Å². The van der Waals surface area contributed by atoms with Gasteiger partial charge in [0.2, 0.25) is 11.8 Å². The Kier molecular flexibility index (Phi) is 5.93.